The van der Waals surface area contributed by atoms with Gasteiger partial charge in [0.2, 0.25) is 0 Å². The summed E-state index contributed by atoms with van der Waals surface area (Å²) in [5.41, 5.74) is 1.40. The molecule has 0 aromatic heterocycles. The maximum Gasteiger partial charge on any atom is 0.159 e. The molecule has 0 amide bonds. The lowest BCUT2D eigenvalue weighted by Gasteiger charge is -2.30. The van der Waals surface area contributed by atoms with Crippen LogP contribution >= 0.6 is 11.8 Å². The summed E-state index contributed by atoms with van der Waals surface area (Å²) < 4.78 is 0. The van der Waals surface area contributed by atoms with Crippen LogP contribution in [0.3, 0.4) is 0 Å². The van der Waals surface area contributed by atoms with Crippen LogP contribution in [0.15, 0.2) is 35.3 Å². The van der Waals surface area contributed by atoms with Gasteiger partial charge >= 0.3 is 0 Å². The summed E-state index contributed by atoms with van der Waals surface area (Å²) in [5, 5.41) is 1.26. The third-order valence-corrected chi connectivity index (χ3v) is 4.09. The normalized spacial score (nSPS) is 24.9. The Morgan fingerprint density at radius 1 is 1.27 bits per heavy atom. The van der Waals surface area contributed by atoms with E-state index in [1.807, 2.05) is 11.8 Å². The minimum Gasteiger partial charge on any atom is -0.343 e. The summed E-state index contributed by atoms with van der Waals surface area (Å²) in [7, 11) is 0. The van der Waals surface area contributed by atoms with Crippen LogP contribution in [0, 0.1) is 0 Å². The molecule has 1 saturated heterocycles. The Bertz CT molecular complexity index is 374. The molecular weight excluding hydrogens is 204 g/mol. The Balaban J connectivity index is 1.85. The zero-order valence-corrected chi connectivity index (χ0v) is 9.41. The van der Waals surface area contributed by atoms with Gasteiger partial charge in [-0.25, -0.2) is 0 Å². The fourth-order valence-electron chi connectivity index (χ4n) is 2.23. The van der Waals surface area contributed by atoms with E-state index in [1.165, 1.54) is 29.4 Å². The predicted octanol–water partition coefficient (Wildman–Crippen LogP) is 2.54. The highest BCUT2D eigenvalue weighted by Gasteiger charge is 2.30. The van der Waals surface area contributed by atoms with Crippen LogP contribution in [0.1, 0.15) is 18.0 Å². The molecule has 0 spiro atoms. The first-order valence-corrected chi connectivity index (χ1v) is 6.42. The van der Waals surface area contributed by atoms with Gasteiger partial charge in [-0.2, -0.15) is 0 Å². The van der Waals surface area contributed by atoms with E-state index >= 15 is 0 Å². The van der Waals surface area contributed by atoms with Gasteiger partial charge in [-0.15, -0.1) is 0 Å². The number of fused-ring (bicyclic) bond motifs is 1. The van der Waals surface area contributed by atoms with E-state index < -0.39 is 0 Å². The molecule has 15 heavy (non-hydrogen) atoms. The number of hydrogen-bond donors (Lipinski definition) is 0. The minimum absolute atomic E-state index is 0.494. The third-order valence-electron chi connectivity index (χ3n) is 2.98. The molecule has 2 nitrogen and oxygen atoms in total. The molecule has 2 aliphatic rings. The maximum absolute atomic E-state index is 4.62. The van der Waals surface area contributed by atoms with Gasteiger partial charge in [0.25, 0.3) is 0 Å². The molecule has 1 fully saturated rings. The van der Waals surface area contributed by atoms with E-state index in [2.05, 4.69) is 40.2 Å². The van der Waals surface area contributed by atoms with Crippen LogP contribution in [-0.4, -0.2) is 28.9 Å². The lowest BCUT2D eigenvalue weighted by molar-refractivity contribution is 0.353. The highest BCUT2D eigenvalue weighted by molar-refractivity contribution is 8.13. The van der Waals surface area contributed by atoms with Crippen molar-refractivity contribution in [1.29, 1.82) is 0 Å². The van der Waals surface area contributed by atoms with Crippen molar-refractivity contribution in [2.24, 2.45) is 4.99 Å². The molecule has 1 atom stereocenters. The van der Waals surface area contributed by atoms with E-state index in [0.717, 1.165) is 6.54 Å². The number of rotatable bonds is 1. The van der Waals surface area contributed by atoms with Gasteiger partial charge < -0.3 is 4.90 Å². The molecule has 2 aliphatic heterocycles. The lowest BCUT2D eigenvalue weighted by atomic mass is 10.1. The fraction of sp³-hybridized carbons (Fsp3) is 0.417. The van der Waals surface area contributed by atoms with E-state index in [9.17, 15) is 0 Å². The number of nitrogens with zero attached hydrogens (tertiary/aromatic N) is 2. The molecule has 0 bridgehead atoms. The summed E-state index contributed by atoms with van der Waals surface area (Å²) in [6.07, 6.45) is 1.28. The quantitative estimate of drug-likeness (QED) is 0.720. The monoisotopic (exact) mass is 218 g/mol. The van der Waals surface area contributed by atoms with Crippen molar-refractivity contribution in [1.82, 2.24) is 4.90 Å². The van der Waals surface area contributed by atoms with Crippen LogP contribution in [0.4, 0.5) is 0 Å². The van der Waals surface area contributed by atoms with Gasteiger partial charge in [0, 0.05) is 12.3 Å². The van der Waals surface area contributed by atoms with Crippen molar-refractivity contribution < 1.29 is 0 Å². The highest BCUT2D eigenvalue weighted by atomic mass is 32.2. The van der Waals surface area contributed by atoms with Crippen molar-refractivity contribution in [2.45, 2.75) is 12.5 Å². The Hall–Kier alpha value is -0.960. The zero-order chi connectivity index (χ0) is 10.1. The fourth-order valence-corrected chi connectivity index (χ4v) is 3.23. The van der Waals surface area contributed by atoms with Gasteiger partial charge in [-0.05, 0) is 12.0 Å². The Kier molecular flexibility index (Phi) is 2.41. The van der Waals surface area contributed by atoms with Crippen LogP contribution < -0.4 is 0 Å². The third kappa shape index (κ3) is 1.65. The van der Waals surface area contributed by atoms with Crippen LogP contribution in [0.2, 0.25) is 0 Å². The van der Waals surface area contributed by atoms with Gasteiger partial charge in [-0.1, -0.05) is 42.1 Å². The SMILES string of the molecule is c1ccc(C2CN=C3SCCCN32)cc1. The standard InChI is InChI=1S/C12H14N2S/c1-2-5-10(6-3-1)11-9-13-12-14(11)7-4-8-15-12/h1-3,5-6,11H,4,7-9H2. The maximum atomic E-state index is 4.62. The smallest absolute Gasteiger partial charge is 0.159 e. The summed E-state index contributed by atoms with van der Waals surface area (Å²) in [5.74, 6) is 1.23. The van der Waals surface area contributed by atoms with Crippen LogP contribution in [0.25, 0.3) is 0 Å². The first kappa shape index (κ1) is 9.28. The number of benzene rings is 1. The molecule has 1 unspecified atom stereocenters. The van der Waals surface area contributed by atoms with Gasteiger partial charge in [0.15, 0.2) is 5.17 Å². The molecule has 3 heteroatoms. The second kappa shape index (κ2) is 3.89. The van der Waals surface area contributed by atoms with Crippen molar-refractivity contribution >= 4 is 16.9 Å². The van der Waals surface area contributed by atoms with Crippen molar-refractivity contribution in [3.05, 3.63) is 35.9 Å². The summed E-state index contributed by atoms with van der Waals surface area (Å²) in [6, 6.07) is 11.2. The van der Waals surface area contributed by atoms with Gasteiger partial charge in [0.1, 0.15) is 0 Å². The molecule has 3 rings (SSSR count). The number of aliphatic imine (C=N–C) groups is 1. The number of thioether (sulfide) groups is 1. The van der Waals surface area contributed by atoms with E-state index in [-0.39, 0.29) is 0 Å². The zero-order valence-electron chi connectivity index (χ0n) is 8.60. The summed E-state index contributed by atoms with van der Waals surface area (Å²) in [4.78, 5) is 7.08. The topological polar surface area (TPSA) is 15.6 Å². The van der Waals surface area contributed by atoms with Gasteiger partial charge in [-0.3, -0.25) is 4.99 Å². The minimum atomic E-state index is 0.494. The molecule has 0 saturated carbocycles. The molecule has 0 aliphatic carbocycles. The Labute approximate surface area is 94.4 Å². The summed E-state index contributed by atoms with van der Waals surface area (Å²) in [6.45, 7) is 2.11. The molecule has 0 radical (unpaired) electrons. The number of hydrogen-bond acceptors (Lipinski definition) is 3. The first-order valence-electron chi connectivity index (χ1n) is 5.44. The predicted molar refractivity (Wildman–Crippen MR) is 65.3 cm³/mol. The first-order chi connectivity index (χ1) is 7.45. The molecule has 78 valence electrons. The van der Waals surface area contributed by atoms with Gasteiger partial charge in [0.05, 0.1) is 12.6 Å². The lowest BCUT2D eigenvalue weighted by Crippen LogP contribution is -2.33. The average molecular weight is 218 g/mol. The largest absolute Gasteiger partial charge is 0.343 e. The molecule has 2 heterocycles. The highest BCUT2D eigenvalue weighted by Crippen LogP contribution is 2.33. The van der Waals surface area contributed by atoms with Crippen LogP contribution in [-0.2, 0) is 0 Å². The van der Waals surface area contributed by atoms with E-state index in [4.69, 9.17) is 0 Å². The molecule has 1 aromatic carbocycles. The number of amidine groups is 1. The van der Waals surface area contributed by atoms with Crippen molar-refractivity contribution in [3.8, 4) is 0 Å². The average Bonchev–Trinajstić information content (AvgIpc) is 2.74. The second-order valence-corrected chi connectivity index (χ2v) is 5.01. The second-order valence-electron chi connectivity index (χ2n) is 3.95. The molecule has 1 aromatic rings. The molecule has 0 N–H and O–H groups in total. The van der Waals surface area contributed by atoms with Crippen molar-refractivity contribution in [3.63, 3.8) is 0 Å². The Morgan fingerprint density at radius 3 is 3.00 bits per heavy atom. The van der Waals surface area contributed by atoms with E-state index in [1.54, 1.807) is 0 Å². The summed E-state index contributed by atoms with van der Waals surface area (Å²) >= 11 is 1.91. The van der Waals surface area contributed by atoms with Crippen LogP contribution in [0.5, 0.6) is 0 Å². The Morgan fingerprint density at radius 2 is 2.13 bits per heavy atom. The van der Waals surface area contributed by atoms with Crippen molar-refractivity contribution in [2.75, 3.05) is 18.8 Å². The van der Waals surface area contributed by atoms with E-state index in [0.29, 0.717) is 6.04 Å². The molecular formula is C12H14N2S.